The number of anilines is 1. The van der Waals surface area contributed by atoms with E-state index in [1.54, 1.807) is 23.1 Å². The first-order chi connectivity index (χ1) is 9.65. The molecule has 0 radical (unpaired) electrons. The lowest BCUT2D eigenvalue weighted by Crippen LogP contribution is -2.10. The summed E-state index contributed by atoms with van der Waals surface area (Å²) < 4.78 is 1.06. The second-order valence-corrected chi connectivity index (χ2v) is 7.34. The van der Waals surface area contributed by atoms with E-state index in [0.717, 1.165) is 24.6 Å². The van der Waals surface area contributed by atoms with Gasteiger partial charge < -0.3 is 0 Å². The minimum Gasteiger partial charge on any atom is -0.292 e. The maximum absolute atomic E-state index is 5.44. The highest BCUT2D eigenvalue weighted by molar-refractivity contribution is 9.10. The summed E-state index contributed by atoms with van der Waals surface area (Å²) >= 11 is 6.69. The molecule has 0 saturated carbocycles. The lowest BCUT2D eigenvalue weighted by atomic mass is 10.4. The molecular weight excluding hydrogens is 356 g/mol. The summed E-state index contributed by atoms with van der Waals surface area (Å²) in [4.78, 5) is 12.1. The average Bonchev–Trinajstić information content (AvgIpc) is 2.81. The average molecular weight is 367 g/mol. The molecule has 7 heteroatoms. The summed E-state index contributed by atoms with van der Waals surface area (Å²) in [5.41, 5.74) is 2.53. The Bertz CT molecular complexity index is 755. The molecule has 0 bridgehead atoms. The van der Waals surface area contributed by atoms with Gasteiger partial charge in [0.25, 0.3) is 0 Å². The van der Waals surface area contributed by atoms with Gasteiger partial charge in [0.15, 0.2) is 0 Å². The third-order valence-corrected chi connectivity index (χ3v) is 5.12. The highest BCUT2D eigenvalue weighted by Gasteiger charge is 2.11. The van der Waals surface area contributed by atoms with Gasteiger partial charge in [0.1, 0.15) is 9.86 Å². The highest BCUT2D eigenvalue weighted by Crippen LogP contribution is 2.35. The molecule has 0 saturated heterocycles. The second kappa shape index (κ2) is 5.69. The van der Waals surface area contributed by atoms with Gasteiger partial charge in [-0.15, -0.1) is 11.3 Å². The predicted molar refractivity (Wildman–Crippen MR) is 88.2 cm³/mol. The first-order valence-corrected chi connectivity index (χ1v) is 8.26. The van der Waals surface area contributed by atoms with Crippen molar-refractivity contribution in [1.29, 1.82) is 0 Å². The molecule has 102 valence electrons. The fraction of sp³-hybridized carbons (Fsp3) is 0.0769. The van der Waals surface area contributed by atoms with Crippen LogP contribution in [0.1, 0.15) is 4.88 Å². The van der Waals surface area contributed by atoms with Crippen LogP contribution in [0, 0.1) is 6.92 Å². The Morgan fingerprint density at radius 1 is 1.25 bits per heavy atom. The van der Waals surface area contributed by atoms with E-state index in [4.69, 9.17) is 5.84 Å². The largest absolute Gasteiger partial charge is 0.292 e. The molecule has 3 rings (SSSR count). The molecule has 1 aromatic carbocycles. The lowest BCUT2D eigenvalue weighted by Gasteiger charge is -2.05. The van der Waals surface area contributed by atoms with Crippen LogP contribution in [0.5, 0.6) is 0 Å². The highest BCUT2D eigenvalue weighted by atomic mass is 79.9. The maximum Gasteiger partial charge on any atom is 0.239 e. The molecule has 4 nitrogen and oxygen atoms in total. The molecule has 0 aliphatic heterocycles. The molecule has 2 heterocycles. The van der Waals surface area contributed by atoms with Gasteiger partial charge in [-0.25, -0.2) is 15.8 Å². The number of nitrogens with zero attached hydrogens (tertiary/aromatic N) is 2. The molecule has 0 amide bonds. The number of hydrogen-bond donors (Lipinski definition) is 2. The van der Waals surface area contributed by atoms with Gasteiger partial charge in [-0.1, -0.05) is 27.7 Å². The van der Waals surface area contributed by atoms with Gasteiger partial charge in [0.2, 0.25) is 5.95 Å². The number of benzene rings is 1. The molecule has 0 fully saturated rings. The number of fused-ring (bicyclic) bond motifs is 1. The Morgan fingerprint density at radius 2 is 2.00 bits per heavy atom. The van der Waals surface area contributed by atoms with E-state index >= 15 is 0 Å². The summed E-state index contributed by atoms with van der Waals surface area (Å²) in [5, 5.41) is 1.98. The van der Waals surface area contributed by atoms with Gasteiger partial charge in [0.05, 0.1) is 0 Å². The molecular formula is C13H11BrN4S2. The van der Waals surface area contributed by atoms with Crippen LogP contribution < -0.4 is 11.3 Å². The summed E-state index contributed by atoms with van der Waals surface area (Å²) in [6.07, 6.45) is 0. The number of nitrogen functional groups attached to an aromatic ring is 1. The van der Waals surface area contributed by atoms with Crippen molar-refractivity contribution in [1.82, 2.24) is 9.97 Å². The third-order valence-electron chi connectivity index (χ3n) is 2.64. The molecule has 0 spiro atoms. The van der Waals surface area contributed by atoms with E-state index in [2.05, 4.69) is 56.4 Å². The van der Waals surface area contributed by atoms with E-state index in [0.29, 0.717) is 5.95 Å². The van der Waals surface area contributed by atoms with Gasteiger partial charge in [0, 0.05) is 19.6 Å². The zero-order valence-corrected chi connectivity index (χ0v) is 13.8. The molecule has 0 aliphatic carbocycles. The Kier molecular flexibility index (Phi) is 3.93. The monoisotopic (exact) mass is 366 g/mol. The fourth-order valence-corrected chi connectivity index (χ4v) is 3.87. The lowest BCUT2D eigenvalue weighted by molar-refractivity contribution is 1.08. The maximum atomic E-state index is 5.44. The Morgan fingerprint density at radius 3 is 2.70 bits per heavy atom. The summed E-state index contributed by atoms with van der Waals surface area (Å²) in [5.74, 6) is 5.89. The van der Waals surface area contributed by atoms with Crippen LogP contribution in [-0.2, 0) is 0 Å². The number of nitrogens with two attached hydrogens (primary N) is 1. The number of hydrogen-bond acceptors (Lipinski definition) is 6. The number of aryl methyl sites for hydroxylation is 1. The summed E-state index contributed by atoms with van der Waals surface area (Å²) in [6.45, 7) is 2.07. The van der Waals surface area contributed by atoms with Crippen molar-refractivity contribution in [2.75, 3.05) is 5.43 Å². The number of rotatable bonds is 3. The summed E-state index contributed by atoms with van der Waals surface area (Å²) in [7, 11) is 0. The number of hydrazine groups is 1. The predicted octanol–water partition coefficient (Wildman–Crippen LogP) is 4.20. The minimum atomic E-state index is 0.443. The fourth-order valence-electron chi connectivity index (χ4n) is 1.77. The molecule has 0 aliphatic rings. The number of nitrogens with one attached hydrogen (secondary N) is 1. The Hall–Kier alpha value is -1.15. The van der Waals surface area contributed by atoms with E-state index in [1.165, 1.54) is 4.88 Å². The Balaban J connectivity index is 2.06. The molecule has 3 aromatic rings. The van der Waals surface area contributed by atoms with E-state index in [1.807, 2.05) is 12.1 Å². The third kappa shape index (κ3) is 2.80. The number of thiophene rings is 1. The molecule has 20 heavy (non-hydrogen) atoms. The van der Waals surface area contributed by atoms with Crippen LogP contribution >= 0.6 is 39.0 Å². The van der Waals surface area contributed by atoms with Gasteiger partial charge in [-0.05, 0) is 37.3 Å². The van der Waals surface area contributed by atoms with Crippen LogP contribution in [0.25, 0.3) is 10.2 Å². The summed E-state index contributed by atoms with van der Waals surface area (Å²) in [6, 6.07) is 10.2. The number of aromatic nitrogens is 2. The van der Waals surface area contributed by atoms with Crippen LogP contribution in [0.4, 0.5) is 5.95 Å². The first kappa shape index (κ1) is 13.8. The van der Waals surface area contributed by atoms with Crippen LogP contribution in [-0.4, -0.2) is 9.97 Å². The van der Waals surface area contributed by atoms with Crippen molar-refractivity contribution >= 4 is 55.2 Å². The van der Waals surface area contributed by atoms with Gasteiger partial charge >= 0.3 is 0 Å². The van der Waals surface area contributed by atoms with E-state index in [9.17, 15) is 0 Å². The van der Waals surface area contributed by atoms with Crippen molar-refractivity contribution in [3.05, 3.63) is 39.7 Å². The Labute approximate surface area is 132 Å². The quantitative estimate of drug-likeness (QED) is 0.413. The van der Waals surface area contributed by atoms with E-state index in [-0.39, 0.29) is 0 Å². The first-order valence-electron chi connectivity index (χ1n) is 5.84. The number of halogens is 1. The molecule has 0 atom stereocenters. The zero-order chi connectivity index (χ0) is 14.1. The smallest absolute Gasteiger partial charge is 0.239 e. The zero-order valence-electron chi connectivity index (χ0n) is 10.6. The minimum absolute atomic E-state index is 0.443. The second-order valence-electron chi connectivity index (χ2n) is 4.13. The van der Waals surface area contributed by atoms with Crippen molar-refractivity contribution in [2.24, 2.45) is 5.84 Å². The van der Waals surface area contributed by atoms with Crippen LogP contribution in [0.15, 0.2) is 44.7 Å². The van der Waals surface area contributed by atoms with Crippen molar-refractivity contribution in [3.63, 3.8) is 0 Å². The van der Waals surface area contributed by atoms with Crippen molar-refractivity contribution in [3.8, 4) is 0 Å². The topological polar surface area (TPSA) is 63.8 Å². The van der Waals surface area contributed by atoms with Crippen LogP contribution in [0.3, 0.4) is 0 Å². The molecule has 3 N–H and O–H groups in total. The molecule has 0 unspecified atom stereocenters. The van der Waals surface area contributed by atoms with E-state index < -0.39 is 0 Å². The molecule has 2 aromatic heterocycles. The van der Waals surface area contributed by atoms with Gasteiger partial charge in [-0.2, -0.15) is 0 Å². The van der Waals surface area contributed by atoms with Crippen molar-refractivity contribution in [2.45, 2.75) is 16.8 Å². The van der Waals surface area contributed by atoms with Crippen LogP contribution in [0.2, 0.25) is 0 Å². The normalized spacial score (nSPS) is 10.9. The SMILES string of the molecule is Cc1cc2c(Sc3ccc(Br)cc3)nc(NN)nc2s1. The van der Waals surface area contributed by atoms with Crippen molar-refractivity contribution < 1.29 is 0 Å². The van der Waals surface area contributed by atoms with Gasteiger partial charge in [-0.3, -0.25) is 5.43 Å². The standard InChI is InChI=1S/C13H11BrN4S2/c1-7-6-10-11(19-7)16-13(18-15)17-12(10)20-9-4-2-8(14)3-5-9/h2-6H,15H2,1H3,(H,16,17,18).